The summed E-state index contributed by atoms with van der Waals surface area (Å²) in [5, 5.41) is 3.24. The first-order valence-corrected chi connectivity index (χ1v) is 12.6. The minimum absolute atomic E-state index is 0.117. The summed E-state index contributed by atoms with van der Waals surface area (Å²) < 4.78 is 27.0. The summed E-state index contributed by atoms with van der Waals surface area (Å²) in [6, 6.07) is 6.60. The first kappa shape index (κ1) is 20.9. The summed E-state index contributed by atoms with van der Waals surface area (Å²) >= 11 is 0. The molecule has 1 N–H and O–H groups in total. The third-order valence-electron chi connectivity index (χ3n) is 7.79. The van der Waals surface area contributed by atoms with Gasteiger partial charge in [0.1, 0.15) is 0 Å². The van der Waals surface area contributed by atoms with E-state index in [-0.39, 0.29) is 22.3 Å². The number of carbonyl (C=O) groups excluding carboxylic acids is 1. The largest absolute Gasteiger partial charge is 0.349 e. The summed E-state index contributed by atoms with van der Waals surface area (Å²) in [4.78, 5) is 13.2. The SMILES string of the molecule is CCN(CC)S(=O)(=O)c1cccc(C(=O)NC(C)C23CC4CC(CC(C4)C2)C3)c1. The summed E-state index contributed by atoms with van der Waals surface area (Å²) in [5.41, 5.74) is 0.657. The van der Waals surface area contributed by atoms with Gasteiger partial charge in [0, 0.05) is 24.7 Å². The molecule has 160 valence electrons. The molecule has 5 rings (SSSR count). The van der Waals surface area contributed by atoms with Gasteiger partial charge in [-0.3, -0.25) is 4.79 Å². The normalized spacial score (nSPS) is 31.8. The fourth-order valence-electron chi connectivity index (χ4n) is 6.65. The molecular formula is C23H34N2O3S. The highest BCUT2D eigenvalue weighted by molar-refractivity contribution is 7.89. The van der Waals surface area contributed by atoms with E-state index < -0.39 is 10.0 Å². The van der Waals surface area contributed by atoms with Gasteiger partial charge in [-0.05, 0) is 86.8 Å². The molecular weight excluding hydrogens is 384 g/mol. The van der Waals surface area contributed by atoms with Crippen LogP contribution in [0.2, 0.25) is 0 Å². The standard InChI is InChI=1S/C23H34N2O3S/c1-4-25(5-2)29(27,28)21-8-6-7-20(12-21)22(26)24-16(3)23-13-17-9-18(14-23)11-19(10-17)15-23/h6-8,12,16-19H,4-5,9-11,13-15H2,1-3H3,(H,24,26). The van der Waals surface area contributed by atoms with Crippen molar-refractivity contribution >= 4 is 15.9 Å². The quantitative estimate of drug-likeness (QED) is 0.726. The second-order valence-electron chi connectivity index (χ2n) is 9.59. The van der Waals surface area contributed by atoms with Crippen LogP contribution >= 0.6 is 0 Å². The van der Waals surface area contributed by atoms with Crippen LogP contribution in [0.3, 0.4) is 0 Å². The minimum atomic E-state index is -3.57. The molecule has 1 unspecified atom stereocenters. The Hall–Kier alpha value is -1.40. The van der Waals surface area contributed by atoms with Crippen molar-refractivity contribution in [1.29, 1.82) is 0 Å². The van der Waals surface area contributed by atoms with Gasteiger partial charge >= 0.3 is 0 Å². The third-order valence-corrected chi connectivity index (χ3v) is 9.84. The van der Waals surface area contributed by atoms with E-state index >= 15 is 0 Å². The highest BCUT2D eigenvalue weighted by Crippen LogP contribution is 2.61. The molecule has 0 spiro atoms. The molecule has 6 heteroatoms. The molecule has 29 heavy (non-hydrogen) atoms. The van der Waals surface area contributed by atoms with Crippen molar-refractivity contribution in [3.63, 3.8) is 0 Å². The highest BCUT2D eigenvalue weighted by Gasteiger charge is 2.53. The van der Waals surface area contributed by atoms with Gasteiger partial charge in [0.15, 0.2) is 0 Å². The van der Waals surface area contributed by atoms with E-state index in [4.69, 9.17) is 0 Å². The van der Waals surface area contributed by atoms with Crippen molar-refractivity contribution in [2.24, 2.45) is 23.2 Å². The van der Waals surface area contributed by atoms with Gasteiger partial charge in [-0.2, -0.15) is 4.31 Å². The Morgan fingerprint density at radius 1 is 1.10 bits per heavy atom. The number of nitrogens with zero attached hydrogens (tertiary/aromatic N) is 1. The van der Waals surface area contributed by atoms with Crippen LogP contribution in [0.15, 0.2) is 29.2 Å². The van der Waals surface area contributed by atoms with Crippen LogP contribution in [0.1, 0.15) is 69.7 Å². The summed E-state index contributed by atoms with van der Waals surface area (Å²) in [6.45, 7) is 6.63. The van der Waals surface area contributed by atoms with Gasteiger partial charge in [0.2, 0.25) is 10.0 Å². The topological polar surface area (TPSA) is 66.5 Å². The Labute approximate surface area is 175 Å². The van der Waals surface area contributed by atoms with Crippen LogP contribution in [-0.2, 0) is 10.0 Å². The number of amides is 1. The maximum atomic E-state index is 13.0. The Morgan fingerprint density at radius 3 is 2.17 bits per heavy atom. The lowest BCUT2D eigenvalue weighted by molar-refractivity contribution is -0.0688. The Bertz CT molecular complexity index is 841. The van der Waals surface area contributed by atoms with E-state index in [2.05, 4.69) is 12.2 Å². The van der Waals surface area contributed by atoms with Gasteiger partial charge in [-0.15, -0.1) is 0 Å². The maximum absolute atomic E-state index is 13.0. The molecule has 1 aromatic carbocycles. The second-order valence-corrected chi connectivity index (χ2v) is 11.5. The zero-order chi connectivity index (χ0) is 20.8. The van der Waals surface area contributed by atoms with E-state index in [0.29, 0.717) is 18.7 Å². The fourth-order valence-corrected chi connectivity index (χ4v) is 8.16. The van der Waals surface area contributed by atoms with Gasteiger partial charge in [0.05, 0.1) is 4.90 Å². The van der Waals surface area contributed by atoms with Crippen LogP contribution in [-0.4, -0.2) is 37.8 Å². The molecule has 4 fully saturated rings. The molecule has 0 heterocycles. The average Bonchev–Trinajstić information content (AvgIpc) is 2.67. The van der Waals surface area contributed by atoms with Gasteiger partial charge in [-0.25, -0.2) is 8.42 Å². The molecule has 1 amide bonds. The Kier molecular flexibility index (Phi) is 5.53. The lowest BCUT2D eigenvalue weighted by Crippen LogP contribution is -2.55. The minimum Gasteiger partial charge on any atom is -0.349 e. The first-order chi connectivity index (χ1) is 13.8. The molecule has 0 aliphatic heterocycles. The molecule has 1 aromatic rings. The fraction of sp³-hybridized carbons (Fsp3) is 0.696. The Balaban J connectivity index is 1.51. The van der Waals surface area contributed by atoms with Crippen molar-refractivity contribution in [1.82, 2.24) is 9.62 Å². The summed E-state index contributed by atoms with van der Waals surface area (Å²) in [5.74, 6) is 2.35. The average molecular weight is 419 g/mol. The van der Waals surface area contributed by atoms with E-state index in [1.165, 1.54) is 48.9 Å². The number of carbonyl (C=O) groups is 1. The Morgan fingerprint density at radius 2 is 1.66 bits per heavy atom. The third kappa shape index (κ3) is 3.74. The van der Waals surface area contributed by atoms with Gasteiger partial charge in [0.25, 0.3) is 5.91 Å². The smallest absolute Gasteiger partial charge is 0.251 e. The lowest BCUT2D eigenvalue weighted by Gasteiger charge is -2.59. The van der Waals surface area contributed by atoms with Crippen LogP contribution in [0.4, 0.5) is 0 Å². The second kappa shape index (κ2) is 7.69. The van der Waals surface area contributed by atoms with Crippen molar-refractivity contribution in [3.8, 4) is 0 Å². The van der Waals surface area contributed by atoms with Gasteiger partial charge < -0.3 is 5.32 Å². The molecule has 4 aliphatic carbocycles. The molecule has 4 saturated carbocycles. The molecule has 1 atom stereocenters. The van der Waals surface area contributed by atoms with Crippen molar-refractivity contribution in [2.45, 2.75) is 70.2 Å². The molecule has 4 aliphatic rings. The molecule has 5 nitrogen and oxygen atoms in total. The highest BCUT2D eigenvalue weighted by atomic mass is 32.2. The number of nitrogens with one attached hydrogen (secondary N) is 1. The number of hydrogen-bond donors (Lipinski definition) is 1. The lowest BCUT2D eigenvalue weighted by atomic mass is 9.48. The maximum Gasteiger partial charge on any atom is 0.251 e. The van der Waals surface area contributed by atoms with E-state index in [9.17, 15) is 13.2 Å². The monoisotopic (exact) mass is 418 g/mol. The summed E-state index contributed by atoms with van der Waals surface area (Å²) in [6.07, 6.45) is 7.84. The van der Waals surface area contributed by atoms with Crippen LogP contribution < -0.4 is 5.32 Å². The number of sulfonamides is 1. The van der Waals surface area contributed by atoms with Crippen molar-refractivity contribution in [2.75, 3.05) is 13.1 Å². The predicted octanol–water partition coefficient (Wildman–Crippen LogP) is 4.05. The van der Waals surface area contributed by atoms with Crippen LogP contribution in [0.25, 0.3) is 0 Å². The van der Waals surface area contributed by atoms with Crippen molar-refractivity contribution in [3.05, 3.63) is 29.8 Å². The van der Waals surface area contributed by atoms with Crippen LogP contribution in [0, 0.1) is 23.2 Å². The van der Waals surface area contributed by atoms with E-state index in [1.807, 2.05) is 13.8 Å². The molecule has 0 radical (unpaired) electrons. The van der Waals surface area contributed by atoms with Crippen LogP contribution in [0.5, 0.6) is 0 Å². The number of rotatable bonds is 7. The first-order valence-electron chi connectivity index (χ1n) is 11.2. The predicted molar refractivity (Wildman–Crippen MR) is 114 cm³/mol. The zero-order valence-corrected chi connectivity index (χ0v) is 18.7. The van der Waals surface area contributed by atoms with E-state index in [0.717, 1.165) is 17.8 Å². The zero-order valence-electron chi connectivity index (χ0n) is 17.9. The summed E-state index contributed by atoms with van der Waals surface area (Å²) in [7, 11) is -3.57. The molecule has 0 saturated heterocycles. The van der Waals surface area contributed by atoms with Gasteiger partial charge in [-0.1, -0.05) is 19.9 Å². The number of hydrogen-bond acceptors (Lipinski definition) is 3. The number of benzene rings is 1. The van der Waals surface area contributed by atoms with Crippen molar-refractivity contribution < 1.29 is 13.2 Å². The molecule has 4 bridgehead atoms. The molecule has 0 aromatic heterocycles. The van der Waals surface area contributed by atoms with E-state index in [1.54, 1.807) is 18.2 Å².